The van der Waals surface area contributed by atoms with Crippen molar-refractivity contribution in [3.8, 4) is 5.75 Å². The molecule has 1 amide bonds. The summed E-state index contributed by atoms with van der Waals surface area (Å²) < 4.78 is 42.6. The topological polar surface area (TPSA) is 73.2 Å². The highest BCUT2D eigenvalue weighted by Gasteiger charge is 2.31. The number of aromatic nitrogens is 2. The predicted octanol–water partition coefficient (Wildman–Crippen LogP) is 4.09. The molecule has 0 radical (unpaired) electrons. The SMILES string of the molecule is O=C(CCn1cnc2ccc(Br)cc2c1=O)Nc1cccc(OC(F)(F)F)c1. The molecule has 1 aromatic heterocycles. The fourth-order valence-corrected chi connectivity index (χ4v) is 2.87. The largest absolute Gasteiger partial charge is 0.573 e. The van der Waals surface area contributed by atoms with Crippen LogP contribution in [-0.2, 0) is 11.3 Å². The molecule has 1 N–H and O–H groups in total. The van der Waals surface area contributed by atoms with Crippen molar-refractivity contribution in [2.24, 2.45) is 0 Å². The van der Waals surface area contributed by atoms with Crippen LogP contribution in [0.4, 0.5) is 18.9 Å². The van der Waals surface area contributed by atoms with Crippen LogP contribution >= 0.6 is 15.9 Å². The number of ether oxygens (including phenoxy) is 1. The van der Waals surface area contributed by atoms with Crippen molar-refractivity contribution < 1.29 is 22.7 Å². The normalized spacial score (nSPS) is 11.4. The molecule has 0 fully saturated rings. The number of rotatable bonds is 5. The second-order valence-electron chi connectivity index (χ2n) is 5.78. The van der Waals surface area contributed by atoms with Crippen LogP contribution in [0.1, 0.15) is 6.42 Å². The van der Waals surface area contributed by atoms with Crippen molar-refractivity contribution in [3.05, 3.63) is 63.6 Å². The van der Waals surface area contributed by atoms with E-state index in [-0.39, 0.29) is 24.2 Å². The Labute approximate surface area is 165 Å². The molecule has 0 spiro atoms. The first kappa shape index (κ1) is 19.9. The fraction of sp³-hybridized carbons (Fsp3) is 0.167. The van der Waals surface area contributed by atoms with Gasteiger partial charge in [0.2, 0.25) is 5.91 Å². The van der Waals surface area contributed by atoms with Gasteiger partial charge in [0.25, 0.3) is 5.56 Å². The van der Waals surface area contributed by atoms with E-state index in [9.17, 15) is 22.8 Å². The molecule has 10 heteroatoms. The summed E-state index contributed by atoms with van der Waals surface area (Å²) in [6.45, 7) is 0.0683. The van der Waals surface area contributed by atoms with Gasteiger partial charge in [-0.15, -0.1) is 13.2 Å². The maximum Gasteiger partial charge on any atom is 0.573 e. The zero-order chi connectivity index (χ0) is 20.3. The van der Waals surface area contributed by atoms with Gasteiger partial charge in [0.05, 0.1) is 17.2 Å². The summed E-state index contributed by atoms with van der Waals surface area (Å²) in [7, 11) is 0. The van der Waals surface area contributed by atoms with Gasteiger partial charge in [-0.1, -0.05) is 22.0 Å². The van der Waals surface area contributed by atoms with Crippen molar-refractivity contribution >= 4 is 38.4 Å². The number of anilines is 1. The minimum Gasteiger partial charge on any atom is -0.406 e. The van der Waals surface area contributed by atoms with Crippen LogP contribution in [0.25, 0.3) is 10.9 Å². The monoisotopic (exact) mass is 455 g/mol. The molecule has 6 nitrogen and oxygen atoms in total. The lowest BCUT2D eigenvalue weighted by Crippen LogP contribution is -2.23. The van der Waals surface area contributed by atoms with Gasteiger partial charge in [-0.05, 0) is 30.3 Å². The Balaban J connectivity index is 1.66. The van der Waals surface area contributed by atoms with E-state index in [0.717, 1.165) is 16.6 Å². The number of halogens is 4. The quantitative estimate of drug-likeness (QED) is 0.628. The molecule has 28 heavy (non-hydrogen) atoms. The Kier molecular flexibility index (Phi) is 5.68. The maximum absolute atomic E-state index is 12.5. The van der Waals surface area contributed by atoms with Crippen LogP contribution in [0.5, 0.6) is 5.75 Å². The van der Waals surface area contributed by atoms with Crippen molar-refractivity contribution in [3.63, 3.8) is 0 Å². The molecule has 0 bridgehead atoms. The molecule has 0 saturated heterocycles. The first-order chi connectivity index (χ1) is 13.2. The molecule has 0 aliphatic carbocycles. The Morgan fingerprint density at radius 2 is 2.00 bits per heavy atom. The van der Waals surface area contributed by atoms with Gasteiger partial charge in [-0.3, -0.25) is 14.2 Å². The van der Waals surface area contributed by atoms with Crippen LogP contribution in [0, 0.1) is 0 Å². The number of carbonyl (C=O) groups is 1. The van der Waals surface area contributed by atoms with Gasteiger partial charge < -0.3 is 10.1 Å². The molecule has 2 aromatic carbocycles. The second kappa shape index (κ2) is 8.01. The molecule has 0 unspecified atom stereocenters. The first-order valence-electron chi connectivity index (χ1n) is 8.02. The Morgan fingerprint density at radius 3 is 2.75 bits per heavy atom. The zero-order valence-corrected chi connectivity index (χ0v) is 15.8. The molecule has 146 valence electrons. The van der Waals surface area contributed by atoms with Crippen molar-refractivity contribution in [1.82, 2.24) is 9.55 Å². The summed E-state index contributed by atoms with van der Waals surface area (Å²) in [5, 5.41) is 2.89. The highest BCUT2D eigenvalue weighted by atomic mass is 79.9. The average molecular weight is 456 g/mol. The number of hydrogen-bond acceptors (Lipinski definition) is 4. The summed E-state index contributed by atoms with van der Waals surface area (Å²) in [4.78, 5) is 28.7. The van der Waals surface area contributed by atoms with Gasteiger partial charge in [0.1, 0.15) is 5.75 Å². The molecular weight excluding hydrogens is 443 g/mol. The van der Waals surface area contributed by atoms with Crippen LogP contribution in [0.3, 0.4) is 0 Å². The third kappa shape index (κ3) is 5.10. The summed E-state index contributed by atoms with van der Waals surface area (Å²) in [5.74, 6) is -0.906. The standard InChI is InChI=1S/C18H13BrF3N3O3/c19-11-4-5-15-14(8-11)17(27)25(10-23-15)7-6-16(26)24-12-2-1-3-13(9-12)28-18(20,21)22/h1-5,8-10H,6-7H2,(H,24,26). The molecular formula is C18H13BrF3N3O3. The van der Waals surface area contributed by atoms with Gasteiger partial charge in [-0.2, -0.15) is 0 Å². The molecule has 3 aromatic rings. The van der Waals surface area contributed by atoms with Crippen LogP contribution < -0.4 is 15.6 Å². The number of hydrogen-bond donors (Lipinski definition) is 1. The van der Waals surface area contributed by atoms with Crippen molar-refractivity contribution in [2.75, 3.05) is 5.32 Å². The lowest BCUT2D eigenvalue weighted by atomic mass is 10.2. The van der Waals surface area contributed by atoms with E-state index < -0.39 is 18.0 Å². The first-order valence-corrected chi connectivity index (χ1v) is 8.81. The van der Waals surface area contributed by atoms with Gasteiger partial charge in [0, 0.05) is 29.2 Å². The average Bonchev–Trinajstić information content (AvgIpc) is 2.60. The molecule has 0 saturated carbocycles. The maximum atomic E-state index is 12.5. The number of amides is 1. The number of nitrogens with one attached hydrogen (secondary N) is 1. The Morgan fingerprint density at radius 1 is 1.21 bits per heavy atom. The van der Waals surface area contributed by atoms with Gasteiger partial charge >= 0.3 is 6.36 Å². The third-order valence-electron chi connectivity index (χ3n) is 3.72. The van der Waals surface area contributed by atoms with Crippen LogP contribution in [-0.4, -0.2) is 21.8 Å². The van der Waals surface area contributed by atoms with Crippen molar-refractivity contribution in [2.45, 2.75) is 19.3 Å². The van der Waals surface area contributed by atoms with Crippen LogP contribution in [0.15, 0.2) is 58.1 Å². The zero-order valence-electron chi connectivity index (χ0n) is 14.2. The fourth-order valence-electron chi connectivity index (χ4n) is 2.51. The summed E-state index contributed by atoms with van der Waals surface area (Å²) in [5.41, 5.74) is 0.398. The minimum atomic E-state index is -4.82. The molecule has 0 aliphatic rings. The van der Waals surface area contributed by atoms with Crippen molar-refractivity contribution in [1.29, 1.82) is 0 Å². The van der Waals surface area contributed by atoms with Crippen LogP contribution in [0.2, 0.25) is 0 Å². The highest BCUT2D eigenvalue weighted by Crippen LogP contribution is 2.25. The van der Waals surface area contributed by atoms with E-state index in [4.69, 9.17) is 0 Å². The lowest BCUT2D eigenvalue weighted by molar-refractivity contribution is -0.274. The highest BCUT2D eigenvalue weighted by molar-refractivity contribution is 9.10. The molecule has 0 atom stereocenters. The number of fused-ring (bicyclic) bond motifs is 1. The van der Waals surface area contributed by atoms with E-state index >= 15 is 0 Å². The third-order valence-corrected chi connectivity index (χ3v) is 4.21. The number of alkyl halides is 3. The Bertz CT molecular complexity index is 1080. The number of nitrogens with zero attached hydrogens (tertiary/aromatic N) is 2. The summed E-state index contributed by atoms with van der Waals surface area (Å²) in [6, 6.07) is 10.1. The Hall–Kier alpha value is -2.88. The summed E-state index contributed by atoms with van der Waals surface area (Å²) in [6.07, 6.45) is -3.53. The van der Waals surface area contributed by atoms with E-state index in [1.54, 1.807) is 18.2 Å². The van der Waals surface area contributed by atoms with E-state index in [0.29, 0.717) is 10.9 Å². The van der Waals surface area contributed by atoms with E-state index in [2.05, 4.69) is 31.0 Å². The molecule has 3 rings (SSSR count). The minimum absolute atomic E-state index is 0.0640. The number of carbonyl (C=O) groups excluding carboxylic acids is 1. The van der Waals surface area contributed by atoms with Gasteiger partial charge in [-0.25, -0.2) is 4.98 Å². The lowest BCUT2D eigenvalue weighted by Gasteiger charge is -2.11. The number of aryl methyl sites for hydroxylation is 1. The smallest absolute Gasteiger partial charge is 0.406 e. The van der Waals surface area contributed by atoms with Gasteiger partial charge in [0.15, 0.2) is 0 Å². The molecule has 0 aliphatic heterocycles. The second-order valence-corrected chi connectivity index (χ2v) is 6.69. The number of benzene rings is 2. The summed E-state index contributed by atoms with van der Waals surface area (Å²) >= 11 is 3.29. The van der Waals surface area contributed by atoms with E-state index in [1.165, 1.54) is 23.0 Å². The molecule has 1 heterocycles. The van der Waals surface area contributed by atoms with E-state index in [1.807, 2.05) is 0 Å². The predicted molar refractivity (Wildman–Crippen MR) is 100 cm³/mol.